The van der Waals surface area contributed by atoms with Gasteiger partial charge in [0.25, 0.3) is 0 Å². The number of rotatable bonds is 5. The number of carbonyl (C=O) groups excluding carboxylic acids is 1. The molecule has 2 aromatic carbocycles. The van der Waals surface area contributed by atoms with Gasteiger partial charge in [0.15, 0.2) is 15.7 Å². The number of hydrazine groups is 1. The zero-order valence-corrected chi connectivity index (χ0v) is 18.9. The Morgan fingerprint density at radius 1 is 0.886 bits per heavy atom. The molecular formula is C20H13ClF6N4O3S. The number of hydrogen-bond donors (Lipinski definition) is 2. The third-order valence-electron chi connectivity index (χ3n) is 4.40. The van der Waals surface area contributed by atoms with Crippen molar-refractivity contribution >= 4 is 33.2 Å². The van der Waals surface area contributed by atoms with Crippen molar-refractivity contribution in [2.75, 3.05) is 11.7 Å². The van der Waals surface area contributed by atoms with E-state index in [1.165, 1.54) is 41.8 Å². The number of anilines is 1. The van der Waals surface area contributed by atoms with Gasteiger partial charge in [-0.1, -0.05) is 35.9 Å². The zero-order chi connectivity index (χ0) is 26.2. The summed E-state index contributed by atoms with van der Waals surface area (Å²) in [4.78, 5) is 18.0. The molecule has 1 heterocycles. The minimum atomic E-state index is -5.34. The zero-order valence-electron chi connectivity index (χ0n) is 17.3. The fraction of sp³-hybridized carbons (Fsp3) is 0.150. The van der Waals surface area contributed by atoms with Crippen LogP contribution >= 0.6 is 11.6 Å². The number of benzene rings is 2. The predicted molar refractivity (Wildman–Crippen MR) is 114 cm³/mol. The molecule has 1 amide bonds. The summed E-state index contributed by atoms with van der Waals surface area (Å²) in [5.74, 6) is -5.00. The van der Waals surface area contributed by atoms with E-state index in [0.29, 0.717) is 0 Å². The highest BCUT2D eigenvalue weighted by molar-refractivity contribution is 7.90. The van der Waals surface area contributed by atoms with Crippen molar-refractivity contribution in [3.8, 4) is 22.4 Å². The monoisotopic (exact) mass is 538 g/mol. The molecule has 0 aliphatic heterocycles. The quantitative estimate of drug-likeness (QED) is 0.354. The fourth-order valence-electron chi connectivity index (χ4n) is 2.82. The summed E-state index contributed by atoms with van der Waals surface area (Å²) in [6, 6.07) is 10.0. The van der Waals surface area contributed by atoms with E-state index in [9.17, 15) is 39.6 Å². The van der Waals surface area contributed by atoms with Gasteiger partial charge in [-0.2, -0.15) is 26.3 Å². The molecule has 0 saturated heterocycles. The molecule has 0 aliphatic carbocycles. The number of aromatic nitrogens is 2. The van der Waals surface area contributed by atoms with Crippen molar-refractivity contribution in [3.63, 3.8) is 0 Å². The Bertz CT molecular complexity index is 1360. The third-order valence-corrected chi connectivity index (χ3v) is 5.78. The molecule has 0 fully saturated rings. The van der Waals surface area contributed by atoms with E-state index < -0.39 is 45.4 Å². The van der Waals surface area contributed by atoms with Crippen LogP contribution in [0.1, 0.15) is 5.82 Å². The second-order valence-corrected chi connectivity index (χ2v) is 9.45. The van der Waals surface area contributed by atoms with Crippen LogP contribution in [-0.4, -0.2) is 36.7 Å². The maximum Gasteiger partial charge on any atom is 0.472 e. The number of halogens is 7. The lowest BCUT2D eigenvalue weighted by atomic mass is 9.99. The van der Waals surface area contributed by atoms with Crippen molar-refractivity contribution in [1.29, 1.82) is 0 Å². The van der Waals surface area contributed by atoms with Crippen LogP contribution in [0.4, 0.5) is 32.2 Å². The molecule has 0 atom stereocenters. The summed E-state index contributed by atoms with van der Waals surface area (Å²) in [6.07, 6.45) is -9.53. The topological polar surface area (TPSA) is 101 Å². The number of sulfone groups is 1. The molecule has 2 N–H and O–H groups in total. The Morgan fingerprint density at radius 3 is 1.91 bits per heavy atom. The second kappa shape index (κ2) is 9.34. The molecule has 186 valence electrons. The minimum absolute atomic E-state index is 0.0135. The van der Waals surface area contributed by atoms with Gasteiger partial charge in [-0.15, -0.1) is 0 Å². The van der Waals surface area contributed by atoms with Gasteiger partial charge in [0.2, 0.25) is 5.82 Å². The lowest BCUT2D eigenvalue weighted by molar-refractivity contribution is -0.173. The maximum absolute atomic E-state index is 13.5. The summed E-state index contributed by atoms with van der Waals surface area (Å²) in [6.45, 7) is 0. The van der Waals surface area contributed by atoms with Crippen LogP contribution in [0.2, 0.25) is 5.02 Å². The van der Waals surface area contributed by atoms with Crippen molar-refractivity contribution in [2.45, 2.75) is 17.2 Å². The summed E-state index contributed by atoms with van der Waals surface area (Å²) in [7, 11) is -3.63. The Balaban J connectivity index is 2.28. The first-order chi connectivity index (χ1) is 16.1. The van der Waals surface area contributed by atoms with Crippen LogP contribution < -0.4 is 10.9 Å². The van der Waals surface area contributed by atoms with E-state index >= 15 is 0 Å². The number of nitrogens with one attached hydrogen (secondary N) is 2. The first-order valence-electron chi connectivity index (χ1n) is 9.26. The number of carbonyl (C=O) groups is 1. The van der Waals surface area contributed by atoms with Crippen LogP contribution in [-0.2, 0) is 20.8 Å². The van der Waals surface area contributed by atoms with Gasteiger partial charge in [0.1, 0.15) is 0 Å². The van der Waals surface area contributed by atoms with E-state index in [1.807, 2.05) is 0 Å². The van der Waals surface area contributed by atoms with E-state index in [-0.39, 0.29) is 26.6 Å². The first kappa shape index (κ1) is 26.2. The minimum Gasteiger partial charge on any atom is -0.281 e. The van der Waals surface area contributed by atoms with Crippen LogP contribution in [0, 0.1) is 0 Å². The highest BCUT2D eigenvalue weighted by Crippen LogP contribution is 2.39. The lowest BCUT2D eigenvalue weighted by Gasteiger charge is -2.19. The summed E-state index contributed by atoms with van der Waals surface area (Å²) in [5.41, 5.74) is 2.56. The molecule has 0 bridgehead atoms. The summed E-state index contributed by atoms with van der Waals surface area (Å²) >= 11 is 5.86. The van der Waals surface area contributed by atoms with Crippen molar-refractivity contribution in [1.82, 2.24) is 15.4 Å². The van der Waals surface area contributed by atoms with Crippen LogP contribution in [0.25, 0.3) is 22.4 Å². The lowest BCUT2D eigenvalue weighted by Crippen LogP contribution is -2.40. The van der Waals surface area contributed by atoms with Crippen LogP contribution in [0.15, 0.2) is 53.4 Å². The van der Waals surface area contributed by atoms with E-state index in [1.54, 1.807) is 5.43 Å². The largest absolute Gasteiger partial charge is 0.472 e. The van der Waals surface area contributed by atoms with Gasteiger partial charge < -0.3 is 0 Å². The first-order valence-corrected chi connectivity index (χ1v) is 11.5. The molecule has 0 aliphatic rings. The molecule has 35 heavy (non-hydrogen) atoms. The fourth-order valence-corrected chi connectivity index (χ4v) is 3.58. The van der Waals surface area contributed by atoms with Gasteiger partial charge >= 0.3 is 18.3 Å². The molecule has 3 aromatic rings. The van der Waals surface area contributed by atoms with Gasteiger partial charge in [-0.05, 0) is 29.8 Å². The molecule has 0 saturated carbocycles. The van der Waals surface area contributed by atoms with Gasteiger partial charge in [-0.25, -0.2) is 18.4 Å². The Morgan fingerprint density at radius 2 is 1.43 bits per heavy atom. The highest BCUT2D eigenvalue weighted by atomic mass is 35.5. The van der Waals surface area contributed by atoms with E-state index in [0.717, 1.165) is 18.4 Å². The van der Waals surface area contributed by atoms with Crippen LogP contribution in [0.5, 0.6) is 0 Å². The van der Waals surface area contributed by atoms with E-state index in [2.05, 4.69) is 9.97 Å². The van der Waals surface area contributed by atoms with Crippen molar-refractivity contribution in [3.05, 3.63) is 59.4 Å². The number of amides is 1. The number of hydrogen-bond acceptors (Lipinski definition) is 6. The Hall–Kier alpha value is -3.39. The summed E-state index contributed by atoms with van der Waals surface area (Å²) in [5, 5.41) is 0.250. The predicted octanol–water partition coefficient (Wildman–Crippen LogP) is 4.89. The molecule has 0 unspecified atom stereocenters. The summed E-state index contributed by atoms with van der Waals surface area (Å²) < 4.78 is 102. The smallest absolute Gasteiger partial charge is 0.281 e. The molecular weight excluding hydrogens is 526 g/mol. The van der Waals surface area contributed by atoms with Gasteiger partial charge in [0.05, 0.1) is 16.2 Å². The standard InChI is InChI=1S/C20H13ClF6N4O3S/c1-35(33,34)13-8-4-11(5-9-13)15-14(10-2-6-12(21)7-3-10)16(29-17(28-15)19(22,23)24)30-31-18(32)20(25,26)27/h2-9H,1H3,(H,31,32)(H,28,29,30). The second-order valence-electron chi connectivity index (χ2n) is 7.00. The van der Waals surface area contributed by atoms with Crippen molar-refractivity contribution in [2.24, 2.45) is 0 Å². The molecule has 3 rings (SSSR count). The normalized spacial score (nSPS) is 12.3. The van der Waals surface area contributed by atoms with E-state index in [4.69, 9.17) is 11.6 Å². The third kappa shape index (κ3) is 6.19. The molecule has 15 heteroatoms. The maximum atomic E-state index is 13.5. The highest BCUT2D eigenvalue weighted by Gasteiger charge is 2.40. The molecule has 1 aromatic heterocycles. The Kier molecular flexibility index (Phi) is 7.00. The van der Waals surface area contributed by atoms with Gasteiger partial charge in [-0.3, -0.25) is 15.6 Å². The molecule has 0 spiro atoms. The Labute approximate surface area is 199 Å². The number of alkyl halides is 6. The average molecular weight is 539 g/mol. The number of nitrogens with zero attached hydrogens (tertiary/aromatic N) is 2. The van der Waals surface area contributed by atoms with Crippen LogP contribution in [0.3, 0.4) is 0 Å². The molecule has 7 nitrogen and oxygen atoms in total. The SMILES string of the molecule is CS(=O)(=O)c1ccc(-c2nc(C(F)(F)F)nc(NNC(=O)C(F)(F)F)c2-c2ccc(Cl)cc2)cc1. The van der Waals surface area contributed by atoms with Gasteiger partial charge in [0, 0.05) is 16.8 Å². The van der Waals surface area contributed by atoms with Crippen molar-refractivity contribution < 1.29 is 39.6 Å². The molecule has 0 radical (unpaired) electrons. The average Bonchev–Trinajstić information content (AvgIpc) is 2.75.